The summed E-state index contributed by atoms with van der Waals surface area (Å²) >= 11 is 0. The highest BCUT2D eigenvalue weighted by Crippen LogP contribution is 2.34. The molecule has 0 atom stereocenters. The third kappa shape index (κ3) is 3.00. The van der Waals surface area contributed by atoms with Crippen LogP contribution >= 0.6 is 0 Å². The highest BCUT2D eigenvalue weighted by Gasteiger charge is 2.28. The van der Waals surface area contributed by atoms with E-state index >= 15 is 0 Å². The summed E-state index contributed by atoms with van der Waals surface area (Å²) in [6.07, 6.45) is 2.26. The maximum atomic E-state index is 11.4. The minimum absolute atomic E-state index is 0.219. The van der Waals surface area contributed by atoms with Gasteiger partial charge in [0.15, 0.2) is 0 Å². The van der Waals surface area contributed by atoms with Gasteiger partial charge in [0.2, 0.25) is 0 Å². The summed E-state index contributed by atoms with van der Waals surface area (Å²) in [4.78, 5) is 13.5. The lowest BCUT2D eigenvalue weighted by atomic mass is 9.84. The first kappa shape index (κ1) is 13.7. The summed E-state index contributed by atoms with van der Waals surface area (Å²) in [5.41, 5.74) is 1.33. The number of nitrogens with zero attached hydrogens (tertiary/aromatic N) is 1. The van der Waals surface area contributed by atoms with Crippen molar-refractivity contribution in [2.24, 2.45) is 5.41 Å². The van der Waals surface area contributed by atoms with Crippen LogP contribution in [0.3, 0.4) is 0 Å². The molecule has 1 fully saturated rings. The van der Waals surface area contributed by atoms with Crippen molar-refractivity contribution >= 4 is 11.7 Å². The van der Waals surface area contributed by atoms with E-state index < -0.39 is 5.97 Å². The fourth-order valence-corrected chi connectivity index (χ4v) is 2.71. The normalized spacial score (nSPS) is 18.2. The van der Waals surface area contributed by atoms with E-state index in [0.717, 1.165) is 25.2 Å². The van der Waals surface area contributed by atoms with Crippen LogP contribution in [0.5, 0.6) is 5.75 Å². The Morgan fingerprint density at radius 1 is 1.42 bits per heavy atom. The molecule has 0 radical (unpaired) electrons. The molecular formula is C15H21NO3. The zero-order chi connectivity index (χ0) is 14.0. The van der Waals surface area contributed by atoms with Crippen molar-refractivity contribution in [2.75, 3.05) is 25.1 Å². The van der Waals surface area contributed by atoms with E-state index in [1.54, 1.807) is 19.2 Å². The molecular weight excluding hydrogens is 242 g/mol. The number of piperidine rings is 1. The molecule has 1 N–H and O–H groups in total. The Morgan fingerprint density at radius 2 is 2.16 bits per heavy atom. The lowest BCUT2D eigenvalue weighted by Crippen LogP contribution is -2.40. The van der Waals surface area contributed by atoms with Crippen LogP contribution in [0.4, 0.5) is 5.69 Å². The molecule has 4 nitrogen and oxygen atoms in total. The molecule has 19 heavy (non-hydrogen) atoms. The monoisotopic (exact) mass is 263 g/mol. The first-order valence-corrected chi connectivity index (χ1v) is 6.59. The fourth-order valence-electron chi connectivity index (χ4n) is 2.71. The zero-order valence-corrected chi connectivity index (χ0v) is 11.8. The molecule has 1 saturated heterocycles. The number of aromatic carboxylic acids is 1. The van der Waals surface area contributed by atoms with Gasteiger partial charge in [0.1, 0.15) is 5.75 Å². The number of benzene rings is 1. The van der Waals surface area contributed by atoms with Gasteiger partial charge in [-0.15, -0.1) is 0 Å². The largest absolute Gasteiger partial charge is 0.497 e. The topological polar surface area (TPSA) is 49.8 Å². The molecule has 0 amide bonds. The maximum absolute atomic E-state index is 11.4. The van der Waals surface area contributed by atoms with Gasteiger partial charge in [0.25, 0.3) is 0 Å². The molecule has 1 aromatic rings. The lowest BCUT2D eigenvalue weighted by molar-refractivity contribution is 0.0697. The number of methoxy groups -OCH3 is 1. The van der Waals surface area contributed by atoms with Crippen molar-refractivity contribution < 1.29 is 14.6 Å². The molecule has 0 spiro atoms. The molecule has 0 aromatic heterocycles. The van der Waals surface area contributed by atoms with Gasteiger partial charge in [-0.05, 0) is 30.4 Å². The number of carboxylic acid groups (broad SMARTS) is 1. The first-order valence-electron chi connectivity index (χ1n) is 6.59. The van der Waals surface area contributed by atoms with Crippen LogP contribution in [-0.2, 0) is 0 Å². The predicted molar refractivity (Wildman–Crippen MR) is 75.2 cm³/mol. The Hall–Kier alpha value is -1.71. The summed E-state index contributed by atoms with van der Waals surface area (Å²) in [7, 11) is 1.60. The Kier molecular flexibility index (Phi) is 3.69. The zero-order valence-electron chi connectivity index (χ0n) is 11.8. The van der Waals surface area contributed by atoms with Crippen LogP contribution in [0.15, 0.2) is 18.2 Å². The fraction of sp³-hybridized carbons (Fsp3) is 0.533. The quantitative estimate of drug-likeness (QED) is 0.910. The number of hydrogen-bond acceptors (Lipinski definition) is 3. The minimum Gasteiger partial charge on any atom is -0.497 e. The average Bonchev–Trinajstić information content (AvgIpc) is 2.36. The van der Waals surface area contributed by atoms with E-state index in [9.17, 15) is 9.90 Å². The molecule has 4 heteroatoms. The van der Waals surface area contributed by atoms with Crippen LogP contribution in [0.1, 0.15) is 37.0 Å². The molecule has 1 aromatic carbocycles. The second kappa shape index (κ2) is 5.11. The predicted octanol–water partition coefficient (Wildman–Crippen LogP) is 3.02. The summed E-state index contributed by atoms with van der Waals surface area (Å²) in [6.45, 7) is 6.22. The van der Waals surface area contributed by atoms with Crippen LogP contribution < -0.4 is 9.64 Å². The Bertz CT molecular complexity index is 482. The SMILES string of the molecule is COc1ccc(C(=O)O)c(N2CCCC(C)(C)C2)c1. The van der Waals surface area contributed by atoms with E-state index in [1.807, 2.05) is 6.07 Å². The molecule has 0 saturated carbocycles. The van der Waals surface area contributed by atoms with Crippen molar-refractivity contribution in [1.82, 2.24) is 0 Å². The van der Waals surface area contributed by atoms with Crippen LogP contribution in [-0.4, -0.2) is 31.3 Å². The summed E-state index contributed by atoms with van der Waals surface area (Å²) in [5.74, 6) is -0.190. The minimum atomic E-state index is -0.888. The van der Waals surface area contributed by atoms with Crippen molar-refractivity contribution in [1.29, 1.82) is 0 Å². The van der Waals surface area contributed by atoms with Gasteiger partial charge in [-0.25, -0.2) is 4.79 Å². The van der Waals surface area contributed by atoms with E-state index in [1.165, 1.54) is 6.42 Å². The number of rotatable bonds is 3. The van der Waals surface area contributed by atoms with Crippen LogP contribution in [0.2, 0.25) is 0 Å². The van der Waals surface area contributed by atoms with Gasteiger partial charge in [-0.3, -0.25) is 0 Å². The number of hydrogen-bond donors (Lipinski definition) is 1. The maximum Gasteiger partial charge on any atom is 0.337 e. The molecule has 104 valence electrons. The summed E-state index contributed by atoms with van der Waals surface area (Å²) in [5, 5.41) is 9.32. The summed E-state index contributed by atoms with van der Waals surface area (Å²) in [6, 6.07) is 5.14. The van der Waals surface area contributed by atoms with Gasteiger partial charge >= 0.3 is 5.97 Å². The molecule has 0 aliphatic carbocycles. The van der Waals surface area contributed by atoms with Crippen LogP contribution in [0, 0.1) is 5.41 Å². The third-order valence-electron chi connectivity index (χ3n) is 3.68. The Morgan fingerprint density at radius 3 is 2.74 bits per heavy atom. The number of anilines is 1. The van der Waals surface area contributed by atoms with Gasteiger partial charge in [0, 0.05) is 19.2 Å². The van der Waals surface area contributed by atoms with Crippen molar-refractivity contribution in [3.8, 4) is 5.75 Å². The van der Waals surface area contributed by atoms with E-state index in [-0.39, 0.29) is 5.41 Å². The number of ether oxygens (including phenoxy) is 1. The smallest absolute Gasteiger partial charge is 0.337 e. The first-order chi connectivity index (χ1) is 8.93. The van der Waals surface area contributed by atoms with E-state index in [0.29, 0.717) is 11.3 Å². The van der Waals surface area contributed by atoms with Gasteiger partial charge in [0.05, 0.1) is 18.4 Å². The molecule has 1 aliphatic rings. The number of carboxylic acids is 1. The lowest BCUT2D eigenvalue weighted by Gasteiger charge is -2.40. The summed E-state index contributed by atoms with van der Waals surface area (Å²) < 4.78 is 5.21. The molecule has 1 aliphatic heterocycles. The van der Waals surface area contributed by atoms with Crippen molar-refractivity contribution in [3.05, 3.63) is 23.8 Å². The van der Waals surface area contributed by atoms with E-state index in [2.05, 4.69) is 18.7 Å². The Balaban J connectivity index is 2.38. The molecule has 2 rings (SSSR count). The van der Waals surface area contributed by atoms with E-state index in [4.69, 9.17) is 4.74 Å². The number of carbonyl (C=O) groups is 1. The highest BCUT2D eigenvalue weighted by molar-refractivity contribution is 5.95. The van der Waals surface area contributed by atoms with Gasteiger partial charge in [-0.1, -0.05) is 13.8 Å². The van der Waals surface area contributed by atoms with Crippen molar-refractivity contribution in [2.45, 2.75) is 26.7 Å². The highest BCUT2D eigenvalue weighted by atomic mass is 16.5. The second-order valence-corrected chi connectivity index (χ2v) is 5.88. The third-order valence-corrected chi connectivity index (χ3v) is 3.68. The van der Waals surface area contributed by atoms with Crippen molar-refractivity contribution in [3.63, 3.8) is 0 Å². The van der Waals surface area contributed by atoms with Gasteiger partial charge < -0.3 is 14.7 Å². The standard InChI is InChI=1S/C15H21NO3/c1-15(2)7-4-8-16(10-15)13-9-11(19-3)5-6-12(13)14(17)18/h5-6,9H,4,7-8,10H2,1-3H3,(H,17,18). The molecule has 0 unspecified atom stereocenters. The molecule has 0 bridgehead atoms. The Labute approximate surface area is 114 Å². The van der Waals surface area contributed by atoms with Crippen LogP contribution in [0.25, 0.3) is 0 Å². The second-order valence-electron chi connectivity index (χ2n) is 5.88. The average molecular weight is 263 g/mol. The molecule has 1 heterocycles. The van der Waals surface area contributed by atoms with Gasteiger partial charge in [-0.2, -0.15) is 0 Å².